The molecule has 0 N–H and O–H groups in total. The van der Waals surface area contributed by atoms with Crippen LogP contribution in [0.2, 0.25) is 0 Å². The van der Waals surface area contributed by atoms with Crippen molar-refractivity contribution in [3.05, 3.63) is 40.0 Å². The number of ketones is 1. The number of rotatable bonds is 3. The Balaban J connectivity index is 2.46. The highest BCUT2D eigenvalue weighted by molar-refractivity contribution is 7.12. The number of hydrogen-bond acceptors (Lipinski definition) is 5. The van der Waals surface area contributed by atoms with E-state index < -0.39 is 0 Å². The van der Waals surface area contributed by atoms with Gasteiger partial charge in [-0.1, -0.05) is 0 Å². The van der Waals surface area contributed by atoms with Crippen LogP contribution in [0.5, 0.6) is 5.88 Å². The molecule has 2 heterocycles. The van der Waals surface area contributed by atoms with Crippen LogP contribution >= 0.6 is 11.3 Å². The maximum absolute atomic E-state index is 12.1. The third kappa shape index (κ3) is 1.81. The number of ether oxygens (including phenoxy) is 1. The molecule has 0 aliphatic heterocycles. The van der Waals surface area contributed by atoms with Crippen molar-refractivity contribution < 1.29 is 9.53 Å². The van der Waals surface area contributed by atoms with Crippen LogP contribution in [0.4, 0.5) is 0 Å². The molecule has 0 atom stereocenters. The lowest BCUT2D eigenvalue weighted by molar-refractivity contribution is 0.103. The summed E-state index contributed by atoms with van der Waals surface area (Å²) < 4.78 is 5.01. The molecule has 5 heteroatoms. The highest BCUT2D eigenvalue weighted by Gasteiger charge is 2.19. The minimum absolute atomic E-state index is 0.141. The SMILES string of the molecule is COc1nccnc1C(=O)c1sccc1C. The van der Waals surface area contributed by atoms with Gasteiger partial charge in [-0.2, -0.15) is 0 Å². The molecule has 2 aromatic heterocycles. The Labute approximate surface area is 96.9 Å². The summed E-state index contributed by atoms with van der Waals surface area (Å²) in [5, 5.41) is 1.88. The lowest BCUT2D eigenvalue weighted by atomic mass is 10.2. The number of aromatic nitrogens is 2. The van der Waals surface area contributed by atoms with Gasteiger partial charge in [-0.3, -0.25) is 4.79 Å². The molecule has 0 amide bonds. The van der Waals surface area contributed by atoms with Crippen LogP contribution in [0.15, 0.2) is 23.8 Å². The quantitative estimate of drug-likeness (QED) is 0.763. The molecule has 0 spiro atoms. The first-order valence-corrected chi connectivity index (χ1v) is 5.55. The number of carbonyl (C=O) groups excluding carboxylic acids is 1. The Morgan fingerprint density at radius 1 is 1.38 bits per heavy atom. The van der Waals surface area contributed by atoms with E-state index in [0.29, 0.717) is 4.88 Å². The van der Waals surface area contributed by atoms with E-state index in [9.17, 15) is 4.79 Å². The van der Waals surface area contributed by atoms with Crippen LogP contribution in [-0.4, -0.2) is 22.9 Å². The van der Waals surface area contributed by atoms with Crippen molar-refractivity contribution >= 4 is 17.1 Å². The van der Waals surface area contributed by atoms with E-state index in [1.54, 1.807) is 0 Å². The van der Waals surface area contributed by atoms with Crippen LogP contribution in [0.3, 0.4) is 0 Å². The zero-order chi connectivity index (χ0) is 11.5. The molecule has 16 heavy (non-hydrogen) atoms. The molecular formula is C11H10N2O2S. The van der Waals surface area contributed by atoms with Crippen molar-refractivity contribution in [1.29, 1.82) is 0 Å². The fourth-order valence-corrected chi connectivity index (χ4v) is 2.21. The standard InChI is InChI=1S/C11H10N2O2S/c1-7-3-6-16-10(7)9(14)8-11(15-2)13-5-4-12-8/h3-6H,1-2H3. The Kier molecular flexibility index (Phi) is 2.96. The van der Waals surface area contributed by atoms with Gasteiger partial charge in [0.05, 0.1) is 12.0 Å². The Morgan fingerprint density at radius 2 is 2.12 bits per heavy atom. The lowest BCUT2D eigenvalue weighted by Gasteiger charge is -2.03. The first-order chi connectivity index (χ1) is 7.74. The van der Waals surface area contributed by atoms with Crippen molar-refractivity contribution in [2.45, 2.75) is 6.92 Å². The molecule has 0 saturated heterocycles. The van der Waals surface area contributed by atoms with Gasteiger partial charge in [-0.15, -0.1) is 11.3 Å². The monoisotopic (exact) mass is 234 g/mol. The van der Waals surface area contributed by atoms with Crippen molar-refractivity contribution in [2.75, 3.05) is 7.11 Å². The predicted octanol–water partition coefficient (Wildman–Crippen LogP) is 2.09. The van der Waals surface area contributed by atoms with E-state index in [2.05, 4.69) is 9.97 Å². The summed E-state index contributed by atoms with van der Waals surface area (Å²) in [5.41, 5.74) is 1.21. The summed E-state index contributed by atoms with van der Waals surface area (Å²) in [6, 6.07) is 1.90. The van der Waals surface area contributed by atoms with Crippen molar-refractivity contribution in [1.82, 2.24) is 9.97 Å². The minimum atomic E-state index is -0.141. The van der Waals surface area contributed by atoms with E-state index >= 15 is 0 Å². The minimum Gasteiger partial charge on any atom is -0.479 e. The van der Waals surface area contributed by atoms with Crippen LogP contribution in [0.1, 0.15) is 20.9 Å². The maximum Gasteiger partial charge on any atom is 0.243 e. The molecule has 2 aromatic rings. The highest BCUT2D eigenvalue weighted by atomic mass is 32.1. The van der Waals surface area contributed by atoms with Gasteiger partial charge in [-0.25, -0.2) is 9.97 Å². The number of aryl methyl sites for hydroxylation is 1. The van der Waals surface area contributed by atoms with Crippen LogP contribution < -0.4 is 4.74 Å². The number of hydrogen-bond donors (Lipinski definition) is 0. The second-order valence-corrected chi connectivity index (χ2v) is 4.09. The molecular weight excluding hydrogens is 224 g/mol. The number of thiophene rings is 1. The third-order valence-electron chi connectivity index (χ3n) is 2.14. The van der Waals surface area contributed by atoms with Crippen LogP contribution in [-0.2, 0) is 0 Å². The molecule has 0 saturated carbocycles. The van der Waals surface area contributed by atoms with Crippen molar-refractivity contribution in [3.8, 4) is 5.88 Å². The Bertz CT molecular complexity index is 522. The average Bonchev–Trinajstić information content (AvgIpc) is 2.74. The topological polar surface area (TPSA) is 52.1 Å². The van der Waals surface area contributed by atoms with Crippen molar-refractivity contribution in [3.63, 3.8) is 0 Å². The maximum atomic E-state index is 12.1. The van der Waals surface area contributed by atoms with Crippen molar-refractivity contribution in [2.24, 2.45) is 0 Å². The number of nitrogens with zero attached hydrogens (tertiary/aromatic N) is 2. The molecule has 82 valence electrons. The van der Waals surface area contributed by atoms with E-state index in [1.807, 2.05) is 18.4 Å². The molecule has 0 unspecified atom stereocenters. The van der Waals surface area contributed by atoms with Gasteiger partial charge in [0.1, 0.15) is 0 Å². The molecule has 0 aromatic carbocycles. The van der Waals surface area contributed by atoms with Gasteiger partial charge in [-0.05, 0) is 23.9 Å². The first kappa shape index (κ1) is 10.8. The molecule has 0 aliphatic rings. The zero-order valence-corrected chi connectivity index (χ0v) is 9.75. The molecule has 0 fully saturated rings. The molecule has 0 aliphatic carbocycles. The zero-order valence-electron chi connectivity index (χ0n) is 8.93. The van der Waals surface area contributed by atoms with Gasteiger partial charge in [0.15, 0.2) is 5.69 Å². The first-order valence-electron chi connectivity index (χ1n) is 4.68. The van der Waals surface area contributed by atoms with Gasteiger partial charge in [0, 0.05) is 12.4 Å². The lowest BCUT2D eigenvalue weighted by Crippen LogP contribution is -2.07. The smallest absolute Gasteiger partial charge is 0.243 e. The van der Waals surface area contributed by atoms with Crippen LogP contribution in [0, 0.1) is 6.92 Å². The highest BCUT2D eigenvalue weighted by Crippen LogP contribution is 2.22. The predicted molar refractivity (Wildman–Crippen MR) is 61.1 cm³/mol. The summed E-state index contributed by atoms with van der Waals surface area (Å²) in [5.74, 6) is 0.123. The van der Waals surface area contributed by atoms with Crippen LogP contribution in [0.25, 0.3) is 0 Å². The number of methoxy groups -OCH3 is 1. The third-order valence-corrected chi connectivity index (χ3v) is 3.16. The molecule has 0 radical (unpaired) electrons. The summed E-state index contributed by atoms with van der Waals surface area (Å²) in [6.45, 7) is 1.90. The summed E-state index contributed by atoms with van der Waals surface area (Å²) >= 11 is 1.40. The normalized spacial score (nSPS) is 10.1. The average molecular weight is 234 g/mol. The second-order valence-electron chi connectivity index (χ2n) is 3.18. The fraction of sp³-hybridized carbons (Fsp3) is 0.182. The van der Waals surface area contributed by atoms with Gasteiger partial charge in [0.25, 0.3) is 0 Å². The Hall–Kier alpha value is -1.75. The summed E-state index contributed by atoms with van der Waals surface area (Å²) in [4.78, 5) is 20.8. The van der Waals surface area contributed by atoms with E-state index in [0.717, 1.165) is 5.56 Å². The Morgan fingerprint density at radius 3 is 2.75 bits per heavy atom. The molecule has 4 nitrogen and oxygen atoms in total. The number of carbonyl (C=O) groups is 1. The summed E-state index contributed by atoms with van der Waals surface area (Å²) in [6.07, 6.45) is 2.98. The fourth-order valence-electron chi connectivity index (χ4n) is 1.34. The van der Waals surface area contributed by atoms with Gasteiger partial charge >= 0.3 is 0 Å². The molecule has 2 rings (SSSR count). The summed E-state index contributed by atoms with van der Waals surface area (Å²) in [7, 11) is 1.47. The van der Waals surface area contributed by atoms with E-state index in [4.69, 9.17) is 4.74 Å². The van der Waals surface area contributed by atoms with Gasteiger partial charge < -0.3 is 4.74 Å². The molecule has 0 bridgehead atoms. The van der Waals surface area contributed by atoms with Gasteiger partial charge in [0.2, 0.25) is 11.7 Å². The second kappa shape index (κ2) is 4.40. The van der Waals surface area contributed by atoms with E-state index in [1.165, 1.54) is 30.8 Å². The largest absolute Gasteiger partial charge is 0.479 e. The van der Waals surface area contributed by atoms with E-state index in [-0.39, 0.29) is 17.4 Å².